The summed E-state index contributed by atoms with van der Waals surface area (Å²) in [5.74, 6) is -0.652. The van der Waals surface area contributed by atoms with Crippen LogP contribution in [0.15, 0.2) is 122 Å². The smallest absolute Gasteiger partial charge is 0.330 e. The minimum Gasteiger partial charge on any atom is -0.490 e. The molecule has 4 rings (SSSR count). The molecule has 0 amide bonds. The van der Waals surface area contributed by atoms with Gasteiger partial charge in [0.1, 0.15) is 19.0 Å². The Morgan fingerprint density at radius 1 is 0.659 bits per heavy atom. The van der Waals surface area contributed by atoms with Crippen LogP contribution in [0.3, 0.4) is 0 Å². The molecule has 6 nitrogen and oxygen atoms in total. The second-order valence-corrected chi connectivity index (χ2v) is 9.49. The fourth-order valence-corrected chi connectivity index (χ4v) is 4.13. The zero-order valence-electron chi connectivity index (χ0n) is 23.3. The molecule has 0 N–H and O–H groups in total. The van der Waals surface area contributed by atoms with Crippen LogP contribution in [-0.2, 0) is 19.1 Å². The van der Waals surface area contributed by atoms with Gasteiger partial charge in [-0.2, -0.15) is 0 Å². The lowest BCUT2D eigenvalue weighted by atomic mass is 10.0. The first kappa shape index (κ1) is 28.9. The third kappa shape index (κ3) is 7.96. The van der Waals surface area contributed by atoms with Gasteiger partial charge in [-0.25, -0.2) is 9.59 Å². The molecule has 0 aliphatic heterocycles. The number of esters is 2. The first-order valence-electron chi connectivity index (χ1n) is 13.3. The maximum atomic E-state index is 11.6. The van der Waals surface area contributed by atoms with Gasteiger partial charge in [0.15, 0.2) is 6.10 Å². The molecule has 1 unspecified atom stereocenters. The molecule has 41 heavy (non-hydrogen) atoms. The lowest BCUT2D eigenvalue weighted by molar-refractivity contribution is -0.154. The molecule has 208 valence electrons. The molecule has 4 aromatic rings. The Balaban J connectivity index is 1.47. The Labute approximate surface area is 241 Å². The summed E-state index contributed by atoms with van der Waals surface area (Å²) < 4.78 is 16.0. The number of ether oxygens (including phenoxy) is 3. The van der Waals surface area contributed by atoms with Crippen LogP contribution in [0.1, 0.15) is 11.1 Å². The minimum atomic E-state index is -0.790. The SMILES string of the molecule is C=CC(=O)OCC(COc1ccc(-c2ccc(N(c3ccc(C)cc3)c3ccc(C)cc3)cc2)cc1)OC(=O)C=C. The summed E-state index contributed by atoms with van der Waals surface area (Å²) in [5.41, 5.74) is 7.74. The monoisotopic (exact) mass is 547 g/mol. The Morgan fingerprint density at radius 2 is 1.10 bits per heavy atom. The van der Waals surface area contributed by atoms with Crippen LogP contribution >= 0.6 is 0 Å². The van der Waals surface area contributed by atoms with Gasteiger partial charge < -0.3 is 19.1 Å². The van der Waals surface area contributed by atoms with E-state index in [4.69, 9.17) is 14.2 Å². The molecule has 0 heterocycles. The highest BCUT2D eigenvalue weighted by molar-refractivity contribution is 5.82. The predicted octanol–water partition coefficient (Wildman–Crippen LogP) is 7.65. The molecule has 0 spiro atoms. The topological polar surface area (TPSA) is 65.1 Å². The summed E-state index contributed by atoms with van der Waals surface area (Å²) in [4.78, 5) is 25.3. The van der Waals surface area contributed by atoms with E-state index in [1.165, 1.54) is 11.1 Å². The Kier molecular flexibility index (Phi) is 9.73. The quantitative estimate of drug-likeness (QED) is 0.134. The van der Waals surface area contributed by atoms with Crippen molar-refractivity contribution < 1.29 is 23.8 Å². The van der Waals surface area contributed by atoms with Crippen LogP contribution in [0.5, 0.6) is 5.75 Å². The van der Waals surface area contributed by atoms with Crippen molar-refractivity contribution in [1.29, 1.82) is 0 Å². The molecule has 0 radical (unpaired) electrons. The van der Waals surface area contributed by atoms with E-state index in [2.05, 4.69) is 105 Å². The molecule has 0 fully saturated rings. The fraction of sp³-hybridized carbons (Fsp3) is 0.143. The number of anilines is 3. The zero-order chi connectivity index (χ0) is 29.2. The highest BCUT2D eigenvalue weighted by Crippen LogP contribution is 2.36. The first-order valence-corrected chi connectivity index (χ1v) is 13.3. The number of aryl methyl sites for hydroxylation is 2. The molecule has 0 aromatic heterocycles. The van der Waals surface area contributed by atoms with E-state index in [-0.39, 0.29) is 13.2 Å². The van der Waals surface area contributed by atoms with Gasteiger partial charge in [-0.05, 0) is 73.5 Å². The second kappa shape index (κ2) is 13.8. The van der Waals surface area contributed by atoms with Gasteiger partial charge in [0.25, 0.3) is 0 Å². The molecule has 0 saturated heterocycles. The van der Waals surface area contributed by atoms with Gasteiger partial charge in [-0.1, -0.05) is 72.8 Å². The van der Waals surface area contributed by atoms with Crippen molar-refractivity contribution in [3.63, 3.8) is 0 Å². The number of nitrogens with zero attached hydrogens (tertiary/aromatic N) is 1. The van der Waals surface area contributed by atoms with Crippen LogP contribution in [-0.4, -0.2) is 31.3 Å². The third-order valence-electron chi connectivity index (χ3n) is 6.36. The molecule has 6 heteroatoms. The lowest BCUT2D eigenvalue weighted by Crippen LogP contribution is -2.30. The Hall–Kier alpha value is -5.10. The standard InChI is InChI=1S/C35H33NO5/c1-5-34(37)40-24-33(41-35(38)6-2)23-39-32-21-13-28(14-22-32)27-11-19-31(20-12-27)36(29-15-7-25(3)8-16-29)30-17-9-26(4)10-18-30/h5-22,33H,1-2,23-24H2,3-4H3. The summed E-state index contributed by atoms with van der Waals surface area (Å²) in [5, 5.41) is 0. The third-order valence-corrected chi connectivity index (χ3v) is 6.36. The Morgan fingerprint density at radius 3 is 1.56 bits per heavy atom. The number of hydrogen-bond donors (Lipinski definition) is 0. The van der Waals surface area contributed by atoms with E-state index in [1.807, 2.05) is 24.3 Å². The van der Waals surface area contributed by atoms with Gasteiger partial charge in [0.2, 0.25) is 0 Å². The minimum absolute atomic E-state index is 0.00586. The van der Waals surface area contributed by atoms with Crippen LogP contribution in [0, 0.1) is 13.8 Å². The Bertz CT molecular complexity index is 1430. The van der Waals surface area contributed by atoms with Crippen molar-refractivity contribution in [2.24, 2.45) is 0 Å². The van der Waals surface area contributed by atoms with E-state index in [0.29, 0.717) is 5.75 Å². The second-order valence-electron chi connectivity index (χ2n) is 9.49. The summed E-state index contributed by atoms with van der Waals surface area (Å²) in [6.45, 7) is 10.8. The van der Waals surface area contributed by atoms with Crippen LogP contribution in [0.2, 0.25) is 0 Å². The van der Waals surface area contributed by atoms with E-state index in [1.54, 1.807) is 0 Å². The summed E-state index contributed by atoms with van der Waals surface area (Å²) >= 11 is 0. The number of hydrogen-bond acceptors (Lipinski definition) is 6. The van der Waals surface area contributed by atoms with Crippen molar-refractivity contribution in [1.82, 2.24) is 0 Å². The number of carbonyl (C=O) groups excluding carboxylic acids is 2. The predicted molar refractivity (Wildman–Crippen MR) is 163 cm³/mol. The molecule has 0 aliphatic carbocycles. The molecule has 0 saturated carbocycles. The molecule has 0 aliphatic rings. The summed E-state index contributed by atoms with van der Waals surface area (Å²) in [6, 6.07) is 33.0. The molecular weight excluding hydrogens is 514 g/mol. The van der Waals surface area contributed by atoms with Gasteiger partial charge >= 0.3 is 11.9 Å². The average Bonchev–Trinajstić information content (AvgIpc) is 3.00. The maximum absolute atomic E-state index is 11.6. The highest BCUT2D eigenvalue weighted by atomic mass is 16.6. The van der Waals surface area contributed by atoms with E-state index < -0.39 is 18.0 Å². The van der Waals surface area contributed by atoms with E-state index >= 15 is 0 Å². The van der Waals surface area contributed by atoms with E-state index in [9.17, 15) is 9.59 Å². The number of benzene rings is 4. The normalized spacial score (nSPS) is 11.2. The van der Waals surface area contributed by atoms with Crippen molar-refractivity contribution in [2.45, 2.75) is 20.0 Å². The molecule has 0 bridgehead atoms. The van der Waals surface area contributed by atoms with Crippen molar-refractivity contribution >= 4 is 29.0 Å². The maximum Gasteiger partial charge on any atom is 0.330 e. The van der Waals surface area contributed by atoms with Crippen LogP contribution in [0.25, 0.3) is 11.1 Å². The lowest BCUT2D eigenvalue weighted by Gasteiger charge is -2.26. The zero-order valence-corrected chi connectivity index (χ0v) is 23.3. The first-order chi connectivity index (χ1) is 19.9. The average molecular weight is 548 g/mol. The van der Waals surface area contributed by atoms with Crippen molar-refractivity contribution in [2.75, 3.05) is 18.1 Å². The molecule has 4 aromatic carbocycles. The largest absolute Gasteiger partial charge is 0.490 e. The molecule has 1 atom stereocenters. The highest BCUT2D eigenvalue weighted by Gasteiger charge is 2.17. The van der Waals surface area contributed by atoms with Gasteiger partial charge in [-0.15, -0.1) is 0 Å². The summed E-state index contributed by atoms with van der Waals surface area (Å²) in [7, 11) is 0. The van der Waals surface area contributed by atoms with Crippen LogP contribution < -0.4 is 9.64 Å². The van der Waals surface area contributed by atoms with Gasteiger partial charge in [0.05, 0.1) is 0 Å². The number of carbonyl (C=O) groups is 2. The number of rotatable bonds is 12. The van der Waals surface area contributed by atoms with Crippen molar-refractivity contribution in [3.05, 3.63) is 133 Å². The summed E-state index contributed by atoms with van der Waals surface area (Å²) in [6.07, 6.45) is 1.30. The van der Waals surface area contributed by atoms with Gasteiger partial charge in [0, 0.05) is 29.2 Å². The molecular formula is C35H33NO5. The van der Waals surface area contributed by atoms with Crippen LogP contribution in [0.4, 0.5) is 17.1 Å². The fourth-order valence-electron chi connectivity index (χ4n) is 4.13. The van der Waals surface area contributed by atoms with Gasteiger partial charge in [-0.3, -0.25) is 0 Å². The van der Waals surface area contributed by atoms with Crippen molar-refractivity contribution in [3.8, 4) is 16.9 Å². The van der Waals surface area contributed by atoms with E-state index in [0.717, 1.165) is 40.3 Å².